The Morgan fingerprint density at radius 3 is 2.62 bits per heavy atom. The molecule has 2 aromatic carbocycles. The van der Waals surface area contributed by atoms with Gasteiger partial charge in [0.05, 0.1) is 0 Å². The average Bonchev–Trinajstić information content (AvgIpc) is 2.30. The van der Waals surface area contributed by atoms with Crippen LogP contribution in [-0.4, -0.2) is 34.5 Å². The number of aryl methyl sites for hydroxylation is 1. The van der Waals surface area contributed by atoms with Gasteiger partial charge >= 0.3 is 29.6 Å². The van der Waals surface area contributed by atoms with Crippen molar-refractivity contribution in [3.05, 3.63) is 54.4 Å². The van der Waals surface area contributed by atoms with E-state index in [1.54, 1.807) is 0 Å². The van der Waals surface area contributed by atoms with Gasteiger partial charge in [-0.15, -0.1) is 0 Å². The Bertz CT molecular complexity index is 646. The molecule has 0 bridgehead atoms. The van der Waals surface area contributed by atoms with Crippen LogP contribution in [0.2, 0.25) is 0 Å². The van der Waals surface area contributed by atoms with E-state index in [1.807, 2.05) is 12.4 Å². The van der Waals surface area contributed by atoms with Crippen LogP contribution in [-0.2, 0) is 0 Å². The molecule has 2 heteroatoms. The Balaban J connectivity index is 0.000000963. The first-order valence-electron chi connectivity index (χ1n) is 5.08. The molecule has 0 N–H and O–H groups in total. The molecular formula is C14H12NNa. The molecule has 0 radical (unpaired) electrons. The fraction of sp³-hybridized carbons (Fsp3) is 0.0714. The van der Waals surface area contributed by atoms with Crippen LogP contribution in [0.1, 0.15) is 5.56 Å². The van der Waals surface area contributed by atoms with E-state index in [9.17, 15) is 0 Å². The fourth-order valence-corrected chi connectivity index (χ4v) is 2.13. The van der Waals surface area contributed by atoms with Crippen LogP contribution in [0, 0.1) is 6.92 Å². The van der Waals surface area contributed by atoms with Crippen molar-refractivity contribution in [3.63, 3.8) is 0 Å². The number of benzene rings is 2. The van der Waals surface area contributed by atoms with Crippen molar-refractivity contribution < 1.29 is 0 Å². The average molecular weight is 217 g/mol. The Labute approximate surface area is 117 Å². The van der Waals surface area contributed by atoms with Gasteiger partial charge < -0.3 is 0 Å². The second kappa shape index (κ2) is 4.54. The van der Waals surface area contributed by atoms with Gasteiger partial charge in [-0.3, -0.25) is 4.98 Å². The van der Waals surface area contributed by atoms with Gasteiger partial charge in [0.15, 0.2) is 0 Å². The number of nitrogens with zero attached hydrogens (tertiary/aromatic N) is 1. The predicted molar refractivity (Wildman–Crippen MR) is 71.1 cm³/mol. The Morgan fingerprint density at radius 2 is 1.75 bits per heavy atom. The number of rotatable bonds is 0. The second-order valence-corrected chi connectivity index (χ2v) is 3.84. The van der Waals surface area contributed by atoms with Crippen LogP contribution >= 0.6 is 0 Å². The molecule has 0 fully saturated rings. The first-order chi connectivity index (χ1) is 7.36. The number of hydrogen-bond donors (Lipinski definition) is 0. The molecule has 3 aromatic rings. The first kappa shape index (κ1) is 11.6. The molecule has 74 valence electrons. The summed E-state index contributed by atoms with van der Waals surface area (Å²) in [6, 6.07) is 12.8. The van der Waals surface area contributed by atoms with E-state index in [0.717, 1.165) is 0 Å². The summed E-state index contributed by atoms with van der Waals surface area (Å²) in [5.74, 6) is 0. The summed E-state index contributed by atoms with van der Waals surface area (Å²) in [7, 11) is 0. The summed E-state index contributed by atoms with van der Waals surface area (Å²) in [5, 5.41) is 5.11. The zero-order valence-corrected chi connectivity index (χ0v) is 8.57. The SMILES string of the molecule is Cc1cc2ccccc2c2cnccc12.[NaH]. The number of fused-ring (bicyclic) bond motifs is 3. The Hall–Kier alpha value is -0.890. The topological polar surface area (TPSA) is 12.9 Å². The van der Waals surface area contributed by atoms with Crippen molar-refractivity contribution in [2.45, 2.75) is 6.92 Å². The molecule has 0 saturated carbocycles. The summed E-state index contributed by atoms with van der Waals surface area (Å²) < 4.78 is 0. The normalized spacial score (nSPS) is 10.3. The van der Waals surface area contributed by atoms with E-state index in [2.05, 4.69) is 48.3 Å². The predicted octanol–water partition coefficient (Wildman–Crippen LogP) is 3.05. The molecule has 16 heavy (non-hydrogen) atoms. The molecule has 0 amide bonds. The van der Waals surface area contributed by atoms with Crippen molar-refractivity contribution in [3.8, 4) is 0 Å². The maximum absolute atomic E-state index is 4.20. The molecule has 0 atom stereocenters. The third-order valence-corrected chi connectivity index (χ3v) is 2.87. The van der Waals surface area contributed by atoms with E-state index in [0.29, 0.717) is 0 Å². The van der Waals surface area contributed by atoms with Gasteiger partial charge in [-0.05, 0) is 34.7 Å². The van der Waals surface area contributed by atoms with Gasteiger partial charge in [0.2, 0.25) is 0 Å². The van der Waals surface area contributed by atoms with E-state index >= 15 is 0 Å². The number of aromatic nitrogens is 1. The summed E-state index contributed by atoms with van der Waals surface area (Å²) in [4.78, 5) is 4.20. The third-order valence-electron chi connectivity index (χ3n) is 2.87. The quantitative estimate of drug-likeness (QED) is 0.416. The monoisotopic (exact) mass is 217 g/mol. The molecule has 1 nitrogen and oxygen atoms in total. The molecule has 0 aliphatic carbocycles. The standard InChI is InChI=1S/C14H11N.Na.H/c1-10-8-11-4-2-3-5-13(11)14-9-15-7-6-12(10)14;;/h2-9H,1H3;;. The minimum atomic E-state index is 0. The minimum absolute atomic E-state index is 0. The summed E-state index contributed by atoms with van der Waals surface area (Å²) in [5.41, 5.74) is 1.31. The Morgan fingerprint density at radius 1 is 0.938 bits per heavy atom. The zero-order chi connectivity index (χ0) is 10.3. The summed E-state index contributed by atoms with van der Waals surface area (Å²) in [6.45, 7) is 2.15. The molecule has 0 unspecified atom stereocenters. The molecular weight excluding hydrogens is 205 g/mol. The first-order valence-corrected chi connectivity index (χ1v) is 5.08. The van der Waals surface area contributed by atoms with Crippen molar-refractivity contribution in [2.24, 2.45) is 0 Å². The van der Waals surface area contributed by atoms with Gasteiger partial charge in [-0.1, -0.05) is 30.3 Å². The van der Waals surface area contributed by atoms with E-state index in [1.165, 1.54) is 27.1 Å². The zero-order valence-electron chi connectivity index (χ0n) is 8.57. The van der Waals surface area contributed by atoms with Crippen molar-refractivity contribution >= 4 is 51.1 Å². The molecule has 1 heterocycles. The molecule has 1 aromatic heterocycles. The summed E-state index contributed by atoms with van der Waals surface area (Å²) >= 11 is 0. The van der Waals surface area contributed by atoms with Crippen LogP contribution in [0.25, 0.3) is 21.5 Å². The van der Waals surface area contributed by atoms with E-state index < -0.39 is 0 Å². The second-order valence-electron chi connectivity index (χ2n) is 3.84. The van der Waals surface area contributed by atoms with E-state index in [4.69, 9.17) is 0 Å². The van der Waals surface area contributed by atoms with Crippen molar-refractivity contribution in [1.29, 1.82) is 0 Å². The molecule has 3 rings (SSSR count). The molecule has 0 spiro atoms. The molecule has 0 saturated heterocycles. The summed E-state index contributed by atoms with van der Waals surface area (Å²) in [6.07, 6.45) is 3.80. The molecule has 0 aliphatic rings. The molecule has 0 aliphatic heterocycles. The van der Waals surface area contributed by atoms with Crippen LogP contribution in [0.15, 0.2) is 48.8 Å². The van der Waals surface area contributed by atoms with Gasteiger partial charge in [0, 0.05) is 17.8 Å². The van der Waals surface area contributed by atoms with Gasteiger partial charge in [-0.25, -0.2) is 0 Å². The van der Waals surface area contributed by atoms with E-state index in [-0.39, 0.29) is 29.6 Å². The third kappa shape index (κ3) is 1.75. The van der Waals surface area contributed by atoms with Crippen LogP contribution in [0.4, 0.5) is 0 Å². The maximum atomic E-state index is 4.20. The van der Waals surface area contributed by atoms with Gasteiger partial charge in [0.1, 0.15) is 0 Å². The van der Waals surface area contributed by atoms with Gasteiger partial charge in [-0.2, -0.15) is 0 Å². The van der Waals surface area contributed by atoms with Crippen molar-refractivity contribution in [2.75, 3.05) is 0 Å². The van der Waals surface area contributed by atoms with Crippen LogP contribution in [0.5, 0.6) is 0 Å². The van der Waals surface area contributed by atoms with Crippen LogP contribution < -0.4 is 0 Å². The Kier molecular flexibility index (Phi) is 3.29. The number of pyridine rings is 1. The van der Waals surface area contributed by atoms with Gasteiger partial charge in [0.25, 0.3) is 0 Å². The van der Waals surface area contributed by atoms with Crippen molar-refractivity contribution in [1.82, 2.24) is 4.98 Å². The number of hydrogen-bond acceptors (Lipinski definition) is 1. The van der Waals surface area contributed by atoms with Crippen LogP contribution in [0.3, 0.4) is 0 Å². The fourth-order valence-electron chi connectivity index (χ4n) is 2.13.